The maximum absolute atomic E-state index is 4.42. The van der Waals surface area contributed by atoms with Crippen molar-refractivity contribution in [3.63, 3.8) is 0 Å². The van der Waals surface area contributed by atoms with E-state index in [4.69, 9.17) is 0 Å². The SMILES string of the molecule is Cc1ccc(-c2cccc3nc(C)nn23)cc1. The van der Waals surface area contributed by atoms with Gasteiger partial charge in [-0.1, -0.05) is 35.9 Å². The van der Waals surface area contributed by atoms with Crippen LogP contribution in [-0.4, -0.2) is 14.6 Å². The van der Waals surface area contributed by atoms with Crippen LogP contribution in [0.3, 0.4) is 0 Å². The molecule has 0 spiro atoms. The van der Waals surface area contributed by atoms with E-state index in [1.807, 2.05) is 23.6 Å². The second-order valence-electron chi connectivity index (χ2n) is 4.21. The number of hydrogen-bond acceptors (Lipinski definition) is 2. The molecule has 3 rings (SSSR count). The molecular formula is C14H13N3. The molecule has 0 bridgehead atoms. The first-order chi connectivity index (χ1) is 8.24. The van der Waals surface area contributed by atoms with Gasteiger partial charge in [-0.15, -0.1) is 0 Å². The summed E-state index contributed by atoms with van der Waals surface area (Å²) in [6.45, 7) is 4.00. The Hall–Kier alpha value is -2.16. The van der Waals surface area contributed by atoms with E-state index < -0.39 is 0 Å². The first-order valence-electron chi connectivity index (χ1n) is 5.63. The van der Waals surface area contributed by atoms with Crippen molar-refractivity contribution in [3.05, 3.63) is 53.9 Å². The normalized spacial score (nSPS) is 10.9. The zero-order valence-electron chi connectivity index (χ0n) is 9.88. The highest BCUT2D eigenvalue weighted by atomic mass is 15.3. The molecule has 0 amide bonds. The monoisotopic (exact) mass is 223 g/mol. The van der Waals surface area contributed by atoms with Crippen molar-refractivity contribution in [2.24, 2.45) is 0 Å². The van der Waals surface area contributed by atoms with Crippen molar-refractivity contribution in [2.75, 3.05) is 0 Å². The fraction of sp³-hybridized carbons (Fsp3) is 0.143. The Bertz CT molecular complexity index is 666. The molecule has 0 aliphatic carbocycles. The van der Waals surface area contributed by atoms with Gasteiger partial charge in [-0.25, -0.2) is 9.50 Å². The lowest BCUT2D eigenvalue weighted by molar-refractivity contribution is 0.938. The van der Waals surface area contributed by atoms with Gasteiger partial charge in [0.05, 0.1) is 5.69 Å². The molecule has 3 aromatic rings. The van der Waals surface area contributed by atoms with Crippen molar-refractivity contribution < 1.29 is 0 Å². The molecule has 0 N–H and O–H groups in total. The smallest absolute Gasteiger partial charge is 0.156 e. The van der Waals surface area contributed by atoms with Crippen LogP contribution in [0.1, 0.15) is 11.4 Å². The standard InChI is InChI=1S/C14H13N3/c1-10-6-8-12(9-7-10)13-4-3-5-14-15-11(2)16-17(13)14/h3-9H,1-2H3. The maximum Gasteiger partial charge on any atom is 0.156 e. The summed E-state index contributed by atoms with van der Waals surface area (Å²) in [6.07, 6.45) is 0. The molecule has 3 nitrogen and oxygen atoms in total. The van der Waals surface area contributed by atoms with E-state index in [1.54, 1.807) is 0 Å². The van der Waals surface area contributed by atoms with Crippen LogP contribution in [0, 0.1) is 13.8 Å². The van der Waals surface area contributed by atoms with E-state index >= 15 is 0 Å². The van der Waals surface area contributed by atoms with Crippen molar-refractivity contribution >= 4 is 5.65 Å². The maximum atomic E-state index is 4.42. The summed E-state index contributed by atoms with van der Waals surface area (Å²) < 4.78 is 1.89. The number of fused-ring (bicyclic) bond motifs is 1. The summed E-state index contributed by atoms with van der Waals surface area (Å²) in [5.41, 5.74) is 4.38. The Morgan fingerprint density at radius 2 is 1.71 bits per heavy atom. The van der Waals surface area contributed by atoms with E-state index in [0.717, 1.165) is 22.7 Å². The average molecular weight is 223 g/mol. The zero-order valence-corrected chi connectivity index (χ0v) is 9.88. The largest absolute Gasteiger partial charge is 0.213 e. The van der Waals surface area contributed by atoms with Gasteiger partial charge in [-0.2, -0.15) is 5.10 Å². The van der Waals surface area contributed by atoms with Gasteiger partial charge < -0.3 is 0 Å². The van der Waals surface area contributed by atoms with Crippen molar-refractivity contribution in [2.45, 2.75) is 13.8 Å². The number of pyridine rings is 1. The Balaban J connectivity index is 2.26. The molecule has 17 heavy (non-hydrogen) atoms. The Labute approximate surface area is 99.7 Å². The number of nitrogens with zero attached hydrogens (tertiary/aromatic N) is 3. The number of hydrogen-bond donors (Lipinski definition) is 0. The van der Waals surface area contributed by atoms with Crippen LogP contribution in [0.25, 0.3) is 16.9 Å². The fourth-order valence-corrected chi connectivity index (χ4v) is 1.96. The Morgan fingerprint density at radius 3 is 2.47 bits per heavy atom. The lowest BCUT2D eigenvalue weighted by Gasteiger charge is -2.04. The molecule has 0 saturated carbocycles. The average Bonchev–Trinajstić information content (AvgIpc) is 2.70. The lowest BCUT2D eigenvalue weighted by Crippen LogP contribution is -1.93. The van der Waals surface area contributed by atoms with Gasteiger partial charge in [0, 0.05) is 5.56 Å². The molecule has 0 aliphatic rings. The minimum absolute atomic E-state index is 0.796. The number of benzene rings is 1. The van der Waals surface area contributed by atoms with Crippen LogP contribution >= 0.6 is 0 Å². The van der Waals surface area contributed by atoms with E-state index in [0.29, 0.717) is 0 Å². The molecule has 0 saturated heterocycles. The van der Waals surface area contributed by atoms with Gasteiger partial charge in [0.15, 0.2) is 5.65 Å². The van der Waals surface area contributed by atoms with Gasteiger partial charge in [0.1, 0.15) is 5.82 Å². The molecular weight excluding hydrogens is 210 g/mol. The molecule has 2 heterocycles. The van der Waals surface area contributed by atoms with E-state index in [9.17, 15) is 0 Å². The van der Waals surface area contributed by atoms with Gasteiger partial charge in [0.2, 0.25) is 0 Å². The summed E-state index contributed by atoms with van der Waals surface area (Å²) in [5, 5.41) is 4.42. The van der Waals surface area contributed by atoms with Gasteiger partial charge in [-0.05, 0) is 26.0 Å². The fourth-order valence-electron chi connectivity index (χ4n) is 1.96. The predicted molar refractivity (Wildman–Crippen MR) is 67.9 cm³/mol. The Morgan fingerprint density at radius 1 is 0.941 bits per heavy atom. The molecule has 84 valence electrons. The van der Waals surface area contributed by atoms with Crippen LogP contribution < -0.4 is 0 Å². The summed E-state index contributed by atoms with van der Waals surface area (Å²) in [6, 6.07) is 14.5. The predicted octanol–water partition coefficient (Wildman–Crippen LogP) is 3.01. The van der Waals surface area contributed by atoms with Gasteiger partial charge >= 0.3 is 0 Å². The second kappa shape index (κ2) is 3.70. The van der Waals surface area contributed by atoms with Gasteiger partial charge in [0.25, 0.3) is 0 Å². The highest BCUT2D eigenvalue weighted by Gasteiger charge is 2.05. The molecule has 0 fully saturated rings. The quantitative estimate of drug-likeness (QED) is 0.634. The van der Waals surface area contributed by atoms with Crippen LogP contribution in [0.5, 0.6) is 0 Å². The highest BCUT2D eigenvalue weighted by Crippen LogP contribution is 2.20. The third kappa shape index (κ3) is 1.69. The molecule has 0 aliphatic heterocycles. The molecule has 2 aromatic heterocycles. The molecule has 3 heteroatoms. The molecule has 1 aromatic carbocycles. The molecule has 0 unspecified atom stereocenters. The Kier molecular flexibility index (Phi) is 2.18. The molecule has 0 radical (unpaired) electrons. The number of aromatic nitrogens is 3. The number of rotatable bonds is 1. The van der Waals surface area contributed by atoms with Crippen LogP contribution in [-0.2, 0) is 0 Å². The second-order valence-corrected chi connectivity index (χ2v) is 4.21. The highest BCUT2D eigenvalue weighted by molar-refractivity contribution is 5.63. The van der Waals surface area contributed by atoms with E-state index in [-0.39, 0.29) is 0 Å². The minimum Gasteiger partial charge on any atom is -0.213 e. The number of aryl methyl sites for hydroxylation is 2. The summed E-state index contributed by atoms with van der Waals surface area (Å²) in [5.74, 6) is 0.796. The van der Waals surface area contributed by atoms with Crippen molar-refractivity contribution in [3.8, 4) is 11.3 Å². The third-order valence-electron chi connectivity index (χ3n) is 2.81. The van der Waals surface area contributed by atoms with Crippen molar-refractivity contribution in [1.29, 1.82) is 0 Å². The zero-order chi connectivity index (χ0) is 11.8. The van der Waals surface area contributed by atoms with Crippen LogP contribution in [0.2, 0.25) is 0 Å². The molecule has 0 atom stereocenters. The first-order valence-corrected chi connectivity index (χ1v) is 5.63. The summed E-state index contributed by atoms with van der Waals surface area (Å²) in [7, 11) is 0. The minimum atomic E-state index is 0.796. The van der Waals surface area contributed by atoms with E-state index in [2.05, 4.69) is 47.3 Å². The summed E-state index contributed by atoms with van der Waals surface area (Å²) in [4.78, 5) is 4.37. The van der Waals surface area contributed by atoms with E-state index in [1.165, 1.54) is 5.56 Å². The van der Waals surface area contributed by atoms with Gasteiger partial charge in [-0.3, -0.25) is 0 Å². The van der Waals surface area contributed by atoms with Crippen molar-refractivity contribution in [1.82, 2.24) is 14.6 Å². The topological polar surface area (TPSA) is 30.2 Å². The first kappa shape index (κ1) is 10.0. The van der Waals surface area contributed by atoms with Crippen LogP contribution in [0.4, 0.5) is 0 Å². The summed E-state index contributed by atoms with van der Waals surface area (Å²) >= 11 is 0. The lowest BCUT2D eigenvalue weighted by atomic mass is 10.1. The third-order valence-corrected chi connectivity index (χ3v) is 2.81. The van der Waals surface area contributed by atoms with Crippen LogP contribution in [0.15, 0.2) is 42.5 Å².